The first-order valence-corrected chi connectivity index (χ1v) is 7.88. The molecule has 0 unspecified atom stereocenters. The van der Waals surface area contributed by atoms with Gasteiger partial charge in [-0.1, -0.05) is 44.7 Å². The third kappa shape index (κ3) is 4.54. The molecular weight excluding hydrogens is 232 g/mol. The summed E-state index contributed by atoms with van der Waals surface area (Å²) in [6.45, 7) is 4.55. The molecule has 1 aromatic rings. The summed E-state index contributed by atoms with van der Waals surface area (Å²) in [6.07, 6.45) is 9.65. The Kier molecular flexibility index (Phi) is 5.71. The molecule has 2 rings (SSSR count). The molecule has 0 spiro atoms. The van der Waals surface area contributed by atoms with E-state index in [1.54, 1.807) is 0 Å². The van der Waals surface area contributed by atoms with Crippen molar-refractivity contribution < 1.29 is 0 Å². The maximum absolute atomic E-state index is 5.89. The predicted octanol–water partition coefficient (Wildman–Crippen LogP) is 4.20. The second-order valence-corrected chi connectivity index (χ2v) is 5.86. The molecule has 19 heavy (non-hydrogen) atoms. The molecule has 0 heterocycles. The van der Waals surface area contributed by atoms with Crippen LogP contribution < -0.4 is 5.73 Å². The lowest BCUT2D eigenvalue weighted by molar-refractivity contribution is 0.170. The van der Waals surface area contributed by atoms with Crippen molar-refractivity contribution in [3.8, 4) is 0 Å². The second-order valence-electron chi connectivity index (χ2n) is 5.86. The first-order valence-electron chi connectivity index (χ1n) is 7.88. The van der Waals surface area contributed by atoms with E-state index in [2.05, 4.69) is 30.0 Å². The topological polar surface area (TPSA) is 29.3 Å². The lowest BCUT2D eigenvalue weighted by Crippen LogP contribution is -2.35. The SMILES string of the molecule is CCCN(Cc1cccc(N)c1)C1CCCCCC1. The molecule has 2 N–H and O–H groups in total. The van der Waals surface area contributed by atoms with Crippen molar-refractivity contribution in [2.75, 3.05) is 12.3 Å². The van der Waals surface area contributed by atoms with Crippen LogP contribution in [0.15, 0.2) is 24.3 Å². The first-order chi connectivity index (χ1) is 9.29. The summed E-state index contributed by atoms with van der Waals surface area (Å²) in [6, 6.07) is 9.15. The number of nitrogens with two attached hydrogens (primary N) is 1. The normalized spacial score (nSPS) is 17.6. The monoisotopic (exact) mass is 260 g/mol. The molecule has 0 bridgehead atoms. The van der Waals surface area contributed by atoms with Gasteiger partial charge in [-0.3, -0.25) is 4.90 Å². The first kappa shape index (κ1) is 14.4. The minimum absolute atomic E-state index is 0.781. The van der Waals surface area contributed by atoms with E-state index in [1.165, 1.54) is 57.1 Å². The molecule has 2 nitrogen and oxygen atoms in total. The van der Waals surface area contributed by atoms with Crippen LogP contribution in [0.2, 0.25) is 0 Å². The Bertz CT molecular complexity index is 367. The van der Waals surface area contributed by atoms with E-state index in [4.69, 9.17) is 5.73 Å². The Morgan fingerprint density at radius 1 is 1.16 bits per heavy atom. The zero-order chi connectivity index (χ0) is 13.5. The van der Waals surface area contributed by atoms with Crippen molar-refractivity contribution in [2.24, 2.45) is 0 Å². The highest BCUT2D eigenvalue weighted by Crippen LogP contribution is 2.24. The van der Waals surface area contributed by atoms with Crippen LogP contribution in [-0.4, -0.2) is 17.5 Å². The molecule has 1 aromatic carbocycles. The van der Waals surface area contributed by atoms with Gasteiger partial charge in [-0.05, 0) is 43.5 Å². The summed E-state index contributed by atoms with van der Waals surface area (Å²) < 4.78 is 0. The molecule has 0 aliphatic heterocycles. The van der Waals surface area contributed by atoms with E-state index in [0.29, 0.717) is 0 Å². The van der Waals surface area contributed by atoms with E-state index in [9.17, 15) is 0 Å². The highest BCUT2D eigenvalue weighted by Gasteiger charge is 2.19. The number of rotatable bonds is 5. The van der Waals surface area contributed by atoms with Crippen molar-refractivity contribution in [2.45, 2.75) is 64.5 Å². The maximum Gasteiger partial charge on any atom is 0.0317 e. The minimum atomic E-state index is 0.781. The van der Waals surface area contributed by atoms with Gasteiger partial charge in [-0.2, -0.15) is 0 Å². The van der Waals surface area contributed by atoms with Gasteiger partial charge in [0.05, 0.1) is 0 Å². The van der Waals surface area contributed by atoms with Gasteiger partial charge in [0.25, 0.3) is 0 Å². The smallest absolute Gasteiger partial charge is 0.0317 e. The molecule has 2 heteroatoms. The largest absolute Gasteiger partial charge is 0.399 e. The minimum Gasteiger partial charge on any atom is -0.399 e. The summed E-state index contributed by atoms with van der Waals surface area (Å²) in [5.41, 5.74) is 8.14. The van der Waals surface area contributed by atoms with E-state index >= 15 is 0 Å². The molecule has 1 aliphatic carbocycles. The Morgan fingerprint density at radius 2 is 1.89 bits per heavy atom. The van der Waals surface area contributed by atoms with Crippen LogP contribution in [0.25, 0.3) is 0 Å². The van der Waals surface area contributed by atoms with Crippen LogP contribution in [0, 0.1) is 0 Å². The molecule has 106 valence electrons. The Balaban J connectivity index is 2.02. The Morgan fingerprint density at radius 3 is 2.53 bits per heavy atom. The summed E-state index contributed by atoms with van der Waals surface area (Å²) in [5.74, 6) is 0. The molecule has 1 fully saturated rings. The average molecular weight is 260 g/mol. The zero-order valence-electron chi connectivity index (χ0n) is 12.3. The third-order valence-corrected chi connectivity index (χ3v) is 4.19. The van der Waals surface area contributed by atoms with Crippen LogP contribution in [0.5, 0.6) is 0 Å². The average Bonchev–Trinajstić information content (AvgIpc) is 2.67. The molecule has 0 aromatic heterocycles. The molecule has 1 saturated carbocycles. The maximum atomic E-state index is 5.89. The van der Waals surface area contributed by atoms with Crippen molar-refractivity contribution >= 4 is 5.69 Å². The Hall–Kier alpha value is -1.02. The molecule has 0 amide bonds. The van der Waals surface area contributed by atoms with Gasteiger partial charge in [0.2, 0.25) is 0 Å². The van der Waals surface area contributed by atoms with E-state index in [1.807, 2.05) is 6.07 Å². The predicted molar refractivity (Wildman–Crippen MR) is 83.0 cm³/mol. The van der Waals surface area contributed by atoms with Gasteiger partial charge in [0.15, 0.2) is 0 Å². The van der Waals surface area contributed by atoms with Gasteiger partial charge in [0, 0.05) is 18.3 Å². The third-order valence-electron chi connectivity index (χ3n) is 4.19. The summed E-state index contributed by atoms with van der Waals surface area (Å²) in [7, 11) is 0. The fraction of sp³-hybridized carbons (Fsp3) is 0.647. The van der Waals surface area contributed by atoms with Crippen molar-refractivity contribution in [3.05, 3.63) is 29.8 Å². The summed E-state index contributed by atoms with van der Waals surface area (Å²) >= 11 is 0. The molecular formula is C17H28N2. The van der Waals surface area contributed by atoms with Gasteiger partial charge < -0.3 is 5.73 Å². The number of nitrogens with zero attached hydrogens (tertiary/aromatic N) is 1. The standard InChI is InChI=1S/C17H28N2/c1-2-12-19(17-10-5-3-4-6-11-17)14-15-8-7-9-16(18)13-15/h7-9,13,17H,2-6,10-12,14,18H2,1H3. The van der Waals surface area contributed by atoms with Crippen LogP contribution in [0.3, 0.4) is 0 Å². The van der Waals surface area contributed by atoms with Gasteiger partial charge in [-0.25, -0.2) is 0 Å². The van der Waals surface area contributed by atoms with Crippen molar-refractivity contribution in [1.29, 1.82) is 0 Å². The fourth-order valence-corrected chi connectivity index (χ4v) is 3.23. The highest BCUT2D eigenvalue weighted by atomic mass is 15.1. The van der Waals surface area contributed by atoms with Crippen LogP contribution in [0.1, 0.15) is 57.4 Å². The van der Waals surface area contributed by atoms with Crippen LogP contribution >= 0.6 is 0 Å². The molecule has 0 radical (unpaired) electrons. The van der Waals surface area contributed by atoms with E-state index in [-0.39, 0.29) is 0 Å². The molecule has 0 saturated heterocycles. The lowest BCUT2D eigenvalue weighted by atomic mass is 10.1. The lowest BCUT2D eigenvalue weighted by Gasteiger charge is -2.31. The van der Waals surface area contributed by atoms with Crippen molar-refractivity contribution in [1.82, 2.24) is 4.90 Å². The van der Waals surface area contributed by atoms with Crippen molar-refractivity contribution in [3.63, 3.8) is 0 Å². The van der Waals surface area contributed by atoms with Gasteiger partial charge >= 0.3 is 0 Å². The number of nitrogen functional groups attached to an aromatic ring is 1. The van der Waals surface area contributed by atoms with Crippen LogP contribution in [0.4, 0.5) is 5.69 Å². The number of hydrogen-bond donors (Lipinski definition) is 1. The van der Waals surface area contributed by atoms with Gasteiger partial charge in [-0.15, -0.1) is 0 Å². The fourth-order valence-electron chi connectivity index (χ4n) is 3.23. The van der Waals surface area contributed by atoms with Gasteiger partial charge in [0.1, 0.15) is 0 Å². The zero-order valence-corrected chi connectivity index (χ0v) is 12.3. The Labute approximate surface area is 118 Å². The summed E-state index contributed by atoms with van der Waals surface area (Å²) in [5, 5.41) is 0. The number of anilines is 1. The molecule has 0 atom stereocenters. The van der Waals surface area contributed by atoms with Crippen LogP contribution in [-0.2, 0) is 6.54 Å². The van der Waals surface area contributed by atoms with E-state index in [0.717, 1.165) is 18.3 Å². The molecule has 1 aliphatic rings. The van der Waals surface area contributed by atoms with E-state index < -0.39 is 0 Å². The quantitative estimate of drug-likeness (QED) is 0.635. The highest BCUT2D eigenvalue weighted by molar-refractivity contribution is 5.40. The second kappa shape index (κ2) is 7.54. The number of benzene rings is 1. The summed E-state index contributed by atoms with van der Waals surface area (Å²) in [4.78, 5) is 2.68. The number of hydrogen-bond acceptors (Lipinski definition) is 2.